The third-order valence-electron chi connectivity index (χ3n) is 3.65. The van der Waals surface area contributed by atoms with Crippen molar-refractivity contribution >= 4 is 39.6 Å². The van der Waals surface area contributed by atoms with Gasteiger partial charge in [0.1, 0.15) is 12.0 Å². The molecule has 8 heteroatoms. The number of aromatic nitrogens is 5. The molecule has 0 aliphatic rings. The van der Waals surface area contributed by atoms with E-state index in [9.17, 15) is 4.79 Å². The van der Waals surface area contributed by atoms with Crippen molar-refractivity contribution in [3.63, 3.8) is 0 Å². The lowest BCUT2D eigenvalue weighted by Crippen LogP contribution is -2.24. The quantitative estimate of drug-likeness (QED) is 0.489. The number of pyridine rings is 1. The molecule has 3 aromatic rings. The second-order valence-electron chi connectivity index (χ2n) is 5.23. The van der Waals surface area contributed by atoms with Gasteiger partial charge in [-0.3, -0.25) is 9.36 Å². The summed E-state index contributed by atoms with van der Waals surface area (Å²) in [6.07, 6.45) is 4.74. The summed E-state index contributed by atoms with van der Waals surface area (Å²) >= 11 is 2.26. The summed E-state index contributed by atoms with van der Waals surface area (Å²) in [5.74, 6) is 0.542. The third-order valence-corrected chi connectivity index (χ3v) is 4.13. The van der Waals surface area contributed by atoms with E-state index in [1.165, 1.54) is 6.33 Å². The molecule has 3 aromatic heterocycles. The molecule has 0 unspecified atom stereocenters. The normalized spacial score (nSPS) is 11.0. The Bertz CT molecular complexity index is 925. The summed E-state index contributed by atoms with van der Waals surface area (Å²) < 4.78 is 2.51. The first-order chi connectivity index (χ1) is 11.7. The molecule has 0 aliphatic heterocycles. The predicted octanol–water partition coefficient (Wildman–Crippen LogP) is 2.42. The molecular weight excluding hydrogens is 419 g/mol. The van der Waals surface area contributed by atoms with Crippen LogP contribution in [-0.2, 0) is 6.54 Å². The van der Waals surface area contributed by atoms with Crippen molar-refractivity contribution in [2.75, 3.05) is 16.3 Å². The SMILES string of the molecule is CCNc1nc(C)c2cc(-c3cncnc3)c(=O)n(CCI)c2n1. The van der Waals surface area contributed by atoms with Gasteiger partial charge in [0, 0.05) is 40.9 Å². The van der Waals surface area contributed by atoms with Crippen LogP contribution in [0.3, 0.4) is 0 Å². The second-order valence-corrected chi connectivity index (χ2v) is 6.31. The Morgan fingerprint density at radius 1 is 1.25 bits per heavy atom. The summed E-state index contributed by atoms with van der Waals surface area (Å²) in [5, 5.41) is 3.98. The molecule has 0 aliphatic carbocycles. The van der Waals surface area contributed by atoms with E-state index >= 15 is 0 Å². The van der Waals surface area contributed by atoms with Gasteiger partial charge in [-0.2, -0.15) is 4.98 Å². The zero-order chi connectivity index (χ0) is 17.1. The fourth-order valence-corrected chi connectivity index (χ4v) is 3.05. The van der Waals surface area contributed by atoms with E-state index in [1.54, 1.807) is 17.0 Å². The van der Waals surface area contributed by atoms with E-state index in [4.69, 9.17) is 0 Å². The van der Waals surface area contributed by atoms with E-state index in [1.807, 2.05) is 19.9 Å². The van der Waals surface area contributed by atoms with Gasteiger partial charge < -0.3 is 5.32 Å². The lowest BCUT2D eigenvalue weighted by Gasteiger charge is -2.13. The maximum Gasteiger partial charge on any atom is 0.260 e. The lowest BCUT2D eigenvalue weighted by atomic mass is 10.1. The van der Waals surface area contributed by atoms with E-state index in [0.717, 1.165) is 22.1 Å². The number of aryl methyl sites for hydroxylation is 2. The number of hydrogen-bond acceptors (Lipinski definition) is 6. The maximum absolute atomic E-state index is 13.0. The van der Waals surface area contributed by atoms with Crippen molar-refractivity contribution in [1.29, 1.82) is 0 Å². The largest absolute Gasteiger partial charge is 0.354 e. The molecule has 24 heavy (non-hydrogen) atoms. The molecule has 0 fully saturated rings. The Kier molecular flexibility index (Phi) is 5.03. The Morgan fingerprint density at radius 2 is 2.00 bits per heavy atom. The number of halogens is 1. The number of rotatable bonds is 5. The zero-order valence-corrected chi connectivity index (χ0v) is 15.6. The number of nitrogens with one attached hydrogen (secondary N) is 1. The number of hydrogen-bond donors (Lipinski definition) is 1. The minimum Gasteiger partial charge on any atom is -0.354 e. The maximum atomic E-state index is 13.0. The summed E-state index contributed by atoms with van der Waals surface area (Å²) in [6, 6.07) is 1.84. The fourth-order valence-electron chi connectivity index (χ4n) is 2.56. The van der Waals surface area contributed by atoms with Crippen LogP contribution in [0, 0.1) is 6.92 Å². The van der Waals surface area contributed by atoms with Crippen LogP contribution in [0.2, 0.25) is 0 Å². The van der Waals surface area contributed by atoms with Crippen LogP contribution >= 0.6 is 22.6 Å². The molecule has 7 nitrogen and oxygen atoms in total. The molecule has 0 radical (unpaired) electrons. The summed E-state index contributed by atoms with van der Waals surface area (Å²) in [4.78, 5) is 30.0. The highest BCUT2D eigenvalue weighted by atomic mass is 127. The van der Waals surface area contributed by atoms with Gasteiger partial charge in [0.05, 0.1) is 11.3 Å². The average Bonchev–Trinajstić information content (AvgIpc) is 2.58. The van der Waals surface area contributed by atoms with Crippen molar-refractivity contribution < 1.29 is 0 Å². The Balaban J connectivity index is 2.34. The smallest absolute Gasteiger partial charge is 0.260 e. The average molecular weight is 436 g/mol. The molecule has 0 atom stereocenters. The Hall–Kier alpha value is -2.10. The van der Waals surface area contributed by atoms with Gasteiger partial charge in [-0.05, 0) is 19.9 Å². The van der Waals surface area contributed by atoms with Crippen LogP contribution in [-0.4, -0.2) is 35.5 Å². The van der Waals surface area contributed by atoms with Crippen LogP contribution in [0.25, 0.3) is 22.2 Å². The van der Waals surface area contributed by atoms with Crippen LogP contribution < -0.4 is 10.9 Å². The lowest BCUT2D eigenvalue weighted by molar-refractivity contribution is 0.765. The van der Waals surface area contributed by atoms with Crippen LogP contribution in [0.15, 0.2) is 29.6 Å². The third kappa shape index (κ3) is 3.10. The van der Waals surface area contributed by atoms with Crippen molar-refractivity contribution in [3.05, 3.63) is 40.8 Å². The van der Waals surface area contributed by atoms with E-state index < -0.39 is 0 Å². The molecule has 3 rings (SSSR count). The first-order valence-electron chi connectivity index (χ1n) is 7.63. The summed E-state index contributed by atoms with van der Waals surface area (Å²) in [5.41, 5.74) is 2.66. The minimum absolute atomic E-state index is 0.0884. The first kappa shape index (κ1) is 16.7. The molecule has 124 valence electrons. The second kappa shape index (κ2) is 7.20. The fraction of sp³-hybridized carbons (Fsp3) is 0.312. The van der Waals surface area contributed by atoms with Crippen molar-refractivity contribution in [2.24, 2.45) is 0 Å². The van der Waals surface area contributed by atoms with E-state index in [-0.39, 0.29) is 5.56 Å². The molecule has 1 N–H and O–H groups in total. The zero-order valence-electron chi connectivity index (χ0n) is 13.5. The molecule has 0 spiro atoms. The standard InChI is InChI=1S/C16H17IN6O/c1-3-20-16-21-10(2)12-6-13(11-7-18-9-19-8-11)15(24)23(5-4-17)14(12)22-16/h6-9H,3-5H2,1-2H3,(H,20,21,22). The van der Waals surface area contributed by atoms with Crippen LogP contribution in [0.4, 0.5) is 5.95 Å². The monoisotopic (exact) mass is 436 g/mol. The van der Waals surface area contributed by atoms with Gasteiger partial charge in [0.25, 0.3) is 5.56 Å². The number of anilines is 1. The van der Waals surface area contributed by atoms with Crippen molar-refractivity contribution in [2.45, 2.75) is 20.4 Å². The van der Waals surface area contributed by atoms with Gasteiger partial charge in [-0.1, -0.05) is 22.6 Å². The highest BCUT2D eigenvalue weighted by molar-refractivity contribution is 14.1. The number of alkyl halides is 1. The van der Waals surface area contributed by atoms with Crippen molar-refractivity contribution in [1.82, 2.24) is 24.5 Å². The topological polar surface area (TPSA) is 85.6 Å². The van der Waals surface area contributed by atoms with Gasteiger partial charge in [-0.15, -0.1) is 0 Å². The van der Waals surface area contributed by atoms with Gasteiger partial charge in [0.2, 0.25) is 5.95 Å². The molecule has 0 saturated carbocycles. The van der Waals surface area contributed by atoms with Gasteiger partial charge in [0.15, 0.2) is 0 Å². The highest BCUT2D eigenvalue weighted by Crippen LogP contribution is 2.22. The minimum atomic E-state index is -0.0884. The predicted molar refractivity (Wildman–Crippen MR) is 103 cm³/mol. The number of nitrogens with zero attached hydrogens (tertiary/aromatic N) is 5. The van der Waals surface area contributed by atoms with Crippen LogP contribution in [0.5, 0.6) is 0 Å². The molecular formula is C16H17IN6O. The Labute approximate surface area is 152 Å². The molecule has 0 amide bonds. The highest BCUT2D eigenvalue weighted by Gasteiger charge is 2.15. The molecule has 0 saturated heterocycles. The van der Waals surface area contributed by atoms with Gasteiger partial charge in [-0.25, -0.2) is 15.0 Å². The summed E-state index contributed by atoms with van der Waals surface area (Å²) in [6.45, 7) is 5.22. The first-order valence-corrected chi connectivity index (χ1v) is 9.15. The summed E-state index contributed by atoms with van der Waals surface area (Å²) in [7, 11) is 0. The molecule has 0 bridgehead atoms. The van der Waals surface area contributed by atoms with E-state index in [0.29, 0.717) is 29.3 Å². The van der Waals surface area contributed by atoms with Crippen molar-refractivity contribution in [3.8, 4) is 11.1 Å². The van der Waals surface area contributed by atoms with Gasteiger partial charge >= 0.3 is 0 Å². The number of fused-ring (bicyclic) bond motifs is 1. The van der Waals surface area contributed by atoms with Crippen LogP contribution in [0.1, 0.15) is 12.6 Å². The molecule has 0 aromatic carbocycles. The molecule has 3 heterocycles. The Morgan fingerprint density at radius 3 is 2.67 bits per heavy atom. The van der Waals surface area contributed by atoms with E-state index in [2.05, 4.69) is 47.8 Å².